The minimum atomic E-state index is -0.682. The maximum Gasteiger partial charge on any atom is 0.413 e. The van der Waals surface area contributed by atoms with Crippen LogP contribution in [0.15, 0.2) is 72.8 Å². The summed E-state index contributed by atoms with van der Waals surface area (Å²) in [4.78, 5) is 30.9. The number of carbonyl (C=O) groups is 2. The first-order valence-corrected chi connectivity index (χ1v) is 15.3. The fraction of sp³-hybridized carbons (Fsp3) is 0.343. The lowest BCUT2D eigenvalue weighted by molar-refractivity contribution is 0.0634. The highest BCUT2D eigenvalue weighted by atomic mass is 16.6. The average Bonchev–Trinajstić information content (AvgIpc) is 3.60. The average molecular weight is 610 g/mol. The van der Waals surface area contributed by atoms with Gasteiger partial charge >= 0.3 is 6.09 Å². The Bertz CT molecular complexity index is 1690. The number of amides is 2. The summed E-state index contributed by atoms with van der Waals surface area (Å²) in [5, 5.41) is 17.4. The molecule has 0 spiro atoms. The molecule has 3 aromatic carbocycles. The third-order valence-electron chi connectivity index (χ3n) is 8.10. The molecule has 3 heterocycles. The number of rotatable bonds is 7. The van der Waals surface area contributed by atoms with Crippen LogP contribution in [-0.4, -0.2) is 70.2 Å². The molecular formula is C35H39N5O5. The molecule has 1 aromatic heterocycles. The topological polar surface area (TPSA) is 109 Å². The van der Waals surface area contributed by atoms with Gasteiger partial charge in [0.1, 0.15) is 17.0 Å². The van der Waals surface area contributed by atoms with Crippen LogP contribution >= 0.6 is 0 Å². The van der Waals surface area contributed by atoms with E-state index in [0.717, 1.165) is 36.3 Å². The monoisotopic (exact) mass is 609 g/mol. The van der Waals surface area contributed by atoms with Crippen molar-refractivity contribution in [2.24, 2.45) is 0 Å². The van der Waals surface area contributed by atoms with Crippen LogP contribution in [0.25, 0.3) is 16.8 Å². The Morgan fingerprint density at radius 3 is 2.38 bits per heavy atom. The molecule has 45 heavy (non-hydrogen) atoms. The van der Waals surface area contributed by atoms with Gasteiger partial charge in [-0.1, -0.05) is 36.4 Å². The number of hydrogen-bond acceptors (Lipinski definition) is 7. The number of nitrogens with one attached hydrogen (secondary N) is 1. The second-order valence-corrected chi connectivity index (χ2v) is 12.5. The van der Waals surface area contributed by atoms with Crippen LogP contribution in [0.1, 0.15) is 48.8 Å². The summed E-state index contributed by atoms with van der Waals surface area (Å²) in [6, 6.07) is 23.6. The van der Waals surface area contributed by atoms with Crippen LogP contribution in [0.5, 0.6) is 5.75 Å². The standard InChI is InChI=1S/C35H39N5O5/c1-35(2,3)45-34(43)36-32-30-18-20-39(33(42)31(30)40(37-32)26-13-15-28(44-4)16-14-26)25-11-9-23(10-12-25)29-8-6-5-7-24(29)21-38-19-17-27(41)22-38/h5-16,27,41H,17-22H2,1-4H3,(H,36,37,43)/t27-/m1/s1. The number of ether oxygens (including phenoxy) is 2. The lowest BCUT2D eigenvalue weighted by atomic mass is 9.98. The molecule has 2 N–H and O–H groups in total. The summed E-state index contributed by atoms with van der Waals surface area (Å²) >= 11 is 0. The molecule has 10 heteroatoms. The number of β-amino-alcohol motifs (C(OH)–C–C–N with tert-alkyl or cyclic N) is 1. The molecule has 6 rings (SSSR count). The molecule has 4 aromatic rings. The highest BCUT2D eigenvalue weighted by Gasteiger charge is 2.34. The quantitative estimate of drug-likeness (QED) is 0.278. The first-order chi connectivity index (χ1) is 21.6. The van der Waals surface area contributed by atoms with Crippen LogP contribution < -0.4 is 15.0 Å². The minimum absolute atomic E-state index is 0.211. The van der Waals surface area contributed by atoms with Crippen molar-refractivity contribution in [1.82, 2.24) is 14.7 Å². The summed E-state index contributed by atoms with van der Waals surface area (Å²) < 4.78 is 12.4. The number of carbonyl (C=O) groups excluding carboxylic acids is 2. The summed E-state index contributed by atoms with van der Waals surface area (Å²) in [5.41, 5.74) is 5.20. The summed E-state index contributed by atoms with van der Waals surface area (Å²) in [6.45, 7) is 8.16. The number of benzene rings is 3. The Morgan fingerprint density at radius 1 is 1.00 bits per heavy atom. The zero-order valence-electron chi connectivity index (χ0n) is 26.1. The van der Waals surface area contributed by atoms with E-state index in [1.807, 2.05) is 48.5 Å². The normalized spacial score (nSPS) is 16.9. The molecule has 234 valence electrons. The number of anilines is 2. The molecule has 0 radical (unpaired) electrons. The SMILES string of the molecule is COc1ccc(-n2nc(NC(=O)OC(C)(C)C)c3c2C(=O)N(c2ccc(-c4ccccc4CN4CC[C@@H](O)C4)cc2)CC3)cc1. The van der Waals surface area contributed by atoms with Gasteiger partial charge in [0.15, 0.2) is 5.82 Å². The molecule has 2 aliphatic rings. The molecule has 0 saturated carbocycles. The van der Waals surface area contributed by atoms with E-state index in [-0.39, 0.29) is 12.0 Å². The Hall–Kier alpha value is -4.67. The fourth-order valence-electron chi connectivity index (χ4n) is 5.97. The van der Waals surface area contributed by atoms with Crippen molar-refractivity contribution in [2.45, 2.75) is 51.9 Å². The number of fused-ring (bicyclic) bond motifs is 1. The van der Waals surface area contributed by atoms with Crippen molar-refractivity contribution < 1.29 is 24.2 Å². The predicted octanol–water partition coefficient (Wildman–Crippen LogP) is 5.66. The number of aliphatic hydroxyl groups excluding tert-OH is 1. The van der Waals surface area contributed by atoms with Crippen molar-refractivity contribution in [3.63, 3.8) is 0 Å². The number of likely N-dealkylation sites (tertiary alicyclic amines) is 1. The van der Waals surface area contributed by atoms with Gasteiger partial charge in [0.25, 0.3) is 5.91 Å². The fourth-order valence-corrected chi connectivity index (χ4v) is 5.97. The van der Waals surface area contributed by atoms with Crippen LogP contribution in [0.2, 0.25) is 0 Å². The van der Waals surface area contributed by atoms with Gasteiger partial charge in [0.05, 0.1) is 18.9 Å². The molecule has 1 atom stereocenters. The van der Waals surface area contributed by atoms with Gasteiger partial charge in [-0.3, -0.25) is 15.0 Å². The van der Waals surface area contributed by atoms with E-state index in [9.17, 15) is 14.7 Å². The molecule has 0 bridgehead atoms. The Morgan fingerprint density at radius 2 is 1.71 bits per heavy atom. The second kappa shape index (κ2) is 12.4. The summed E-state index contributed by atoms with van der Waals surface area (Å²) in [6.07, 6.45) is 0.410. The van der Waals surface area contributed by atoms with E-state index in [1.165, 1.54) is 5.56 Å². The number of hydrogen-bond donors (Lipinski definition) is 2. The van der Waals surface area contributed by atoms with Gasteiger partial charge in [-0.25, -0.2) is 9.48 Å². The van der Waals surface area contributed by atoms with Crippen LogP contribution in [0.3, 0.4) is 0 Å². The highest BCUT2D eigenvalue weighted by molar-refractivity contribution is 6.08. The van der Waals surface area contributed by atoms with Gasteiger partial charge in [-0.2, -0.15) is 0 Å². The first-order valence-electron chi connectivity index (χ1n) is 15.3. The van der Waals surface area contributed by atoms with Gasteiger partial charge in [-0.15, -0.1) is 5.10 Å². The van der Waals surface area contributed by atoms with E-state index in [0.29, 0.717) is 48.0 Å². The van der Waals surface area contributed by atoms with E-state index >= 15 is 0 Å². The van der Waals surface area contributed by atoms with E-state index in [4.69, 9.17) is 9.47 Å². The maximum absolute atomic E-state index is 14.2. The largest absolute Gasteiger partial charge is 0.497 e. The number of methoxy groups -OCH3 is 1. The Kier molecular flexibility index (Phi) is 8.35. The van der Waals surface area contributed by atoms with Gasteiger partial charge < -0.3 is 19.5 Å². The van der Waals surface area contributed by atoms with E-state index in [1.54, 1.807) is 49.6 Å². The number of aromatic nitrogens is 2. The molecular weight excluding hydrogens is 570 g/mol. The van der Waals surface area contributed by atoms with Crippen molar-refractivity contribution >= 4 is 23.5 Å². The zero-order chi connectivity index (χ0) is 31.7. The third kappa shape index (κ3) is 6.57. The van der Waals surface area contributed by atoms with E-state index in [2.05, 4.69) is 27.4 Å². The minimum Gasteiger partial charge on any atom is -0.497 e. The molecule has 2 aliphatic heterocycles. The van der Waals surface area contributed by atoms with E-state index < -0.39 is 11.7 Å². The molecule has 0 unspecified atom stereocenters. The first kappa shape index (κ1) is 30.4. The third-order valence-corrected chi connectivity index (χ3v) is 8.10. The van der Waals surface area contributed by atoms with Crippen LogP contribution in [0.4, 0.5) is 16.3 Å². The zero-order valence-corrected chi connectivity index (χ0v) is 26.1. The van der Waals surface area contributed by atoms with Crippen LogP contribution in [-0.2, 0) is 17.7 Å². The van der Waals surface area contributed by atoms with Gasteiger partial charge in [0.2, 0.25) is 0 Å². The van der Waals surface area contributed by atoms with Crippen LogP contribution in [0, 0.1) is 0 Å². The maximum atomic E-state index is 14.2. The van der Waals surface area contributed by atoms with Crippen molar-refractivity contribution in [2.75, 3.05) is 37.0 Å². The predicted molar refractivity (Wildman–Crippen MR) is 173 cm³/mol. The van der Waals surface area contributed by atoms with Gasteiger partial charge in [-0.05, 0) is 86.7 Å². The van der Waals surface area contributed by atoms with Crippen molar-refractivity contribution in [3.8, 4) is 22.6 Å². The second-order valence-electron chi connectivity index (χ2n) is 12.5. The highest BCUT2D eigenvalue weighted by Crippen LogP contribution is 2.33. The Labute approximate surface area is 263 Å². The molecule has 1 saturated heterocycles. The van der Waals surface area contributed by atoms with Crippen molar-refractivity contribution in [3.05, 3.63) is 89.6 Å². The Balaban J connectivity index is 1.29. The summed E-state index contributed by atoms with van der Waals surface area (Å²) in [7, 11) is 1.59. The number of nitrogens with zero attached hydrogens (tertiary/aromatic N) is 4. The molecule has 0 aliphatic carbocycles. The molecule has 2 amide bonds. The molecule has 1 fully saturated rings. The lowest BCUT2D eigenvalue weighted by Gasteiger charge is -2.28. The summed E-state index contributed by atoms with van der Waals surface area (Å²) in [5.74, 6) is 0.776. The molecule has 10 nitrogen and oxygen atoms in total. The van der Waals surface area contributed by atoms with Crippen molar-refractivity contribution in [1.29, 1.82) is 0 Å². The smallest absolute Gasteiger partial charge is 0.413 e. The lowest BCUT2D eigenvalue weighted by Crippen LogP contribution is -2.39. The number of aliphatic hydroxyl groups is 1. The van der Waals surface area contributed by atoms with Gasteiger partial charge in [0, 0.05) is 37.4 Å².